The van der Waals surface area contributed by atoms with E-state index in [4.69, 9.17) is 5.11 Å². The van der Waals surface area contributed by atoms with Crippen LogP contribution in [0.2, 0.25) is 0 Å². The quantitative estimate of drug-likeness (QED) is 0.382. The predicted molar refractivity (Wildman–Crippen MR) is 132 cm³/mol. The second-order valence-electron chi connectivity index (χ2n) is 10.4. The van der Waals surface area contributed by atoms with Gasteiger partial charge in [0.15, 0.2) is 0 Å². The number of hydrogen-bond acceptors (Lipinski definition) is 4. The van der Waals surface area contributed by atoms with Crippen molar-refractivity contribution in [1.29, 1.82) is 0 Å². The van der Waals surface area contributed by atoms with E-state index < -0.39 is 36.5 Å². The van der Waals surface area contributed by atoms with Gasteiger partial charge in [0.05, 0.1) is 12.5 Å². The maximum absolute atomic E-state index is 13.8. The smallest absolute Gasteiger partial charge is 0.481 e. The molecule has 1 heterocycles. The summed E-state index contributed by atoms with van der Waals surface area (Å²) in [6.07, 6.45) is -4.92. The van der Waals surface area contributed by atoms with Gasteiger partial charge in [-0.15, -0.1) is 13.2 Å². The van der Waals surface area contributed by atoms with Crippen LogP contribution in [0.25, 0.3) is 0 Å². The van der Waals surface area contributed by atoms with Crippen molar-refractivity contribution in [3.63, 3.8) is 0 Å². The SMILES string of the molecule is O=C(O)CCC(=O)N(C1CC1)C1c2cc(C(F)F)ccc2N(C(=O)c2ccc(OC(F)(F)F)cc2)C2CCCC21. The number of carbonyl (C=O) groups is 3. The molecule has 2 amide bonds. The van der Waals surface area contributed by atoms with Crippen LogP contribution in [0.5, 0.6) is 5.75 Å². The van der Waals surface area contributed by atoms with Gasteiger partial charge in [-0.25, -0.2) is 8.78 Å². The van der Waals surface area contributed by atoms with Crippen molar-refractivity contribution in [3.8, 4) is 5.75 Å². The highest BCUT2D eigenvalue weighted by Crippen LogP contribution is 2.53. The number of hydrogen-bond donors (Lipinski definition) is 1. The first-order valence-electron chi connectivity index (χ1n) is 13.1. The van der Waals surface area contributed by atoms with Crippen molar-refractivity contribution in [2.45, 2.75) is 75.9 Å². The molecule has 12 heteroatoms. The molecular formula is C28H27F5N2O5. The largest absolute Gasteiger partial charge is 0.573 e. The maximum Gasteiger partial charge on any atom is 0.573 e. The molecule has 3 atom stereocenters. The molecule has 214 valence electrons. The van der Waals surface area contributed by atoms with Crippen molar-refractivity contribution in [2.75, 3.05) is 4.90 Å². The van der Waals surface area contributed by atoms with Gasteiger partial charge in [0.1, 0.15) is 5.75 Å². The highest BCUT2D eigenvalue weighted by Gasteiger charge is 2.51. The summed E-state index contributed by atoms with van der Waals surface area (Å²) in [6.45, 7) is 0. The number of ether oxygens (including phenoxy) is 1. The highest BCUT2D eigenvalue weighted by atomic mass is 19.4. The molecule has 3 aliphatic rings. The number of carboxylic acids is 1. The number of halogens is 5. The Balaban J connectivity index is 1.56. The average molecular weight is 567 g/mol. The van der Waals surface area contributed by atoms with Gasteiger partial charge < -0.3 is 19.6 Å². The fraction of sp³-hybridized carbons (Fsp3) is 0.464. The van der Waals surface area contributed by atoms with Crippen LogP contribution in [0.1, 0.15) is 78.9 Å². The number of benzene rings is 2. The first kappa shape index (κ1) is 27.9. The van der Waals surface area contributed by atoms with Gasteiger partial charge >= 0.3 is 12.3 Å². The standard InChI is InChI=1S/C28H27F5N2O5/c29-26(30)16-6-11-22-20(14-16)25(34(17-7-8-17)23(36)12-13-24(37)38)19-2-1-3-21(19)35(22)27(39)15-4-9-18(10-5-15)40-28(31,32)33/h4-6,9-11,14,17,19,21,25-26H,1-3,7-8,12-13H2,(H,37,38). The Morgan fingerprint density at radius 3 is 2.30 bits per heavy atom. The van der Waals surface area contributed by atoms with Crippen LogP contribution in [0, 0.1) is 5.92 Å². The normalized spacial score (nSPS) is 22.1. The van der Waals surface area contributed by atoms with Gasteiger partial charge in [0, 0.05) is 41.2 Å². The van der Waals surface area contributed by atoms with Gasteiger partial charge in [-0.3, -0.25) is 14.4 Å². The summed E-state index contributed by atoms with van der Waals surface area (Å²) in [4.78, 5) is 41.5. The monoisotopic (exact) mass is 566 g/mol. The third-order valence-electron chi connectivity index (χ3n) is 7.78. The summed E-state index contributed by atoms with van der Waals surface area (Å²) in [5, 5.41) is 9.13. The summed E-state index contributed by atoms with van der Waals surface area (Å²) in [7, 11) is 0. The molecular weight excluding hydrogens is 539 g/mol. The van der Waals surface area contributed by atoms with E-state index in [0.717, 1.165) is 12.1 Å². The molecule has 0 bridgehead atoms. The van der Waals surface area contributed by atoms with Crippen LogP contribution in [0.3, 0.4) is 0 Å². The Morgan fingerprint density at radius 1 is 1.00 bits per heavy atom. The van der Waals surface area contributed by atoms with E-state index in [1.54, 1.807) is 4.90 Å². The molecule has 2 fully saturated rings. The Bertz CT molecular complexity index is 1290. The van der Waals surface area contributed by atoms with Crippen LogP contribution in [-0.2, 0) is 9.59 Å². The first-order valence-corrected chi connectivity index (χ1v) is 13.1. The summed E-state index contributed by atoms with van der Waals surface area (Å²) in [6, 6.07) is 7.36. The number of alkyl halides is 5. The fourth-order valence-corrected chi connectivity index (χ4v) is 6.07. The Kier molecular flexibility index (Phi) is 7.45. The zero-order chi connectivity index (χ0) is 28.8. The van der Waals surface area contributed by atoms with Gasteiger partial charge in [0.25, 0.3) is 12.3 Å². The number of nitrogens with zero attached hydrogens (tertiary/aromatic N) is 2. The van der Waals surface area contributed by atoms with Crippen molar-refractivity contribution in [2.24, 2.45) is 5.92 Å². The van der Waals surface area contributed by atoms with Crippen LogP contribution < -0.4 is 9.64 Å². The summed E-state index contributed by atoms with van der Waals surface area (Å²) in [5.41, 5.74) is 0.575. The van der Waals surface area contributed by atoms with Gasteiger partial charge in [-0.1, -0.05) is 12.5 Å². The van der Waals surface area contributed by atoms with Crippen molar-refractivity contribution in [3.05, 3.63) is 59.2 Å². The molecule has 2 saturated carbocycles. The van der Waals surface area contributed by atoms with Gasteiger partial charge in [0.2, 0.25) is 5.91 Å². The van der Waals surface area contributed by atoms with Gasteiger partial charge in [-0.05, 0) is 67.6 Å². The third-order valence-corrected chi connectivity index (χ3v) is 7.78. The van der Waals surface area contributed by atoms with Crippen LogP contribution >= 0.6 is 0 Å². The topological polar surface area (TPSA) is 87.2 Å². The molecule has 1 aliphatic heterocycles. The number of fused-ring (bicyclic) bond motifs is 2. The first-order chi connectivity index (χ1) is 18.9. The number of carboxylic acid groups (broad SMARTS) is 1. The lowest BCUT2D eigenvalue weighted by atomic mass is 9.80. The van der Waals surface area contributed by atoms with E-state index in [-0.39, 0.29) is 47.9 Å². The number of amides is 2. The summed E-state index contributed by atoms with van der Waals surface area (Å²) in [5.74, 6) is -2.76. The van der Waals surface area contributed by atoms with Crippen LogP contribution in [0.4, 0.5) is 27.6 Å². The zero-order valence-corrected chi connectivity index (χ0v) is 21.2. The van der Waals surface area contributed by atoms with E-state index in [1.807, 2.05) is 0 Å². The molecule has 2 aliphatic carbocycles. The van der Waals surface area contributed by atoms with E-state index in [1.165, 1.54) is 35.2 Å². The lowest BCUT2D eigenvalue weighted by Gasteiger charge is -2.48. The molecule has 2 aromatic carbocycles. The van der Waals surface area contributed by atoms with Crippen molar-refractivity contribution in [1.82, 2.24) is 4.90 Å². The second-order valence-corrected chi connectivity index (χ2v) is 10.4. The maximum atomic E-state index is 13.8. The number of aliphatic carboxylic acids is 1. The molecule has 2 aromatic rings. The second kappa shape index (κ2) is 10.7. The third kappa shape index (κ3) is 5.62. The molecule has 0 spiro atoms. The highest BCUT2D eigenvalue weighted by molar-refractivity contribution is 6.07. The average Bonchev–Trinajstić information content (AvgIpc) is 3.61. The lowest BCUT2D eigenvalue weighted by Crippen LogP contribution is -2.53. The van der Waals surface area contributed by atoms with Crippen LogP contribution in [-0.4, -0.2) is 46.2 Å². The fourth-order valence-electron chi connectivity index (χ4n) is 6.07. The molecule has 0 saturated heterocycles. The molecule has 3 unspecified atom stereocenters. The Labute approximate surface area is 226 Å². The molecule has 0 radical (unpaired) electrons. The molecule has 1 N–H and O–H groups in total. The Hall–Kier alpha value is -3.70. The summed E-state index contributed by atoms with van der Waals surface area (Å²) < 4.78 is 69.3. The molecule has 7 nitrogen and oxygen atoms in total. The van der Waals surface area contributed by atoms with E-state index >= 15 is 0 Å². The number of rotatable bonds is 8. The lowest BCUT2D eigenvalue weighted by molar-refractivity contribution is -0.274. The van der Waals surface area contributed by atoms with Gasteiger partial charge in [-0.2, -0.15) is 0 Å². The molecule has 0 aromatic heterocycles. The van der Waals surface area contributed by atoms with Crippen molar-refractivity contribution < 1.29 is 46.2 Å². The van der Waals surface area contributed by atoms with Crippen molar-refractivity contribution >= 4 is 23.5 Å². The summed E-state index contributed by atoms with van der Waals surface area (Å²) >= 11 is 0. The minimum absolute atomic E-state index is 0.0964. The van der Waals surface area contributed by atoms with E-state index in [2.05, 4.69) is 4.74 Å². The number of anilines is 1. The minimum atomic E-state index is -4.89. The van der Waals surface area contributed by atoms with E-state index in [0.29, 0.717) is 43.4 Å². The van der Waals surface area contributed by atoms with E-state index in [9.17, 15) is 36.3 Å². The minimum Gasteiger partial charge on any atom is -0.481 e. The molecule has 5 rings (SSSR count). The number of carbonyl (C=O) groups excluding carboxylic acids is 2. The predicted octanol–water partition coefficient (Wildman–Crippen LogP) is 6.25. The molecule has 40 heavy (non-hydrogen) atoms. The zero-order valence-electron chi connectivity index (χ0n) is 21.2. The Morgan fingerprint density at radius 2 is 1.70 bits per heavy atom. The van der Waals surface area contributed by atoms with Crippen LogP contribution in [0.15, 0.2) is 42.5 Å².